The fourth-order valence-electron chi connectivity index (χ4n) is 3.08. The first kappa shape index (κ1) is 16.1. The number of benzene rings is 2. The van der Waals surface area contributed by atoms with E-state index in [1.54, 1.807) is 34.9 Å². The van der Waals surface area contributed by atoms with Crippen molar-refractivity contribution >= 4 is 22.5 Å². The predicted octanol–water partition coefficient (Wildman–Crippen LogP) is 2.07. The molecule has 0 aliphatic carbocycles. The van der Waals surface area contributed by atoms with Gasteiger partial charge in [-0.3, -0.25) is 14.2 Å². The molecule has 0 saturated heterocycles. The van der Waals surface area contributed by atoms with Crippen molar-refractivity contribution in [2.24, 2.45) is 0 Å². The molecule has 1 aromatic heterocycles. The van der Waals surface area contributed by atoms with Crippen LogP contribution in [0.3, 0.4) is 0 Å². The molecule has 26 heavy (non-hydrogen) atoms. The first-order chi connectivity index (χ1) is 12.6. The molecule has 2 N–H and O–H groups in total. The van der Waals surface area contributed by atoms with Gasteiger partial charge >= 0.3 is 0 Å². The number of aromatic nitrogens is 2. The highest BCUT2D eigenvalue weighted by atomic mass is 16.5. The third-order valence-electron chi connectivity index (χ3n) is 4.29. The van der Waals surface area contributed by atoms with Crippen LogP contribution < -0.4 is 15.6 Å². The van der Waals surface area contributed by atoms with Gasteiger partial charge < -0.3 is 15.2 Å². The molecule has 0 spiro atoms. The van der Waals surface area contributed by atoms with E-state index in [0.29, 0.717) is 28.9 Å². The molecule has 3 aromatic rings. The Kier molecular flexibility index (Phi) is 4.04. The Morgan fingerprint density at radius 2 is 2.15 bits per heavy atom. The summed E-state index contributed by atoms with van der Waals surface area (Å²) < 4.78 is 7.20. The summed E-state index contributed by atoms with van der Waals surface area (Å²) in [5, 5.41) is 12.5. The largest absolute Gasteiger partial charge is 0.508 e. The second-order valence-corrected chi connectivity index (χ2v) is 6.15. The monoisotopic (exact) mass is 351 g/mol. The number of hydrogen-bond acceptors (Lipinski definition) is 5. The minimum Gasteiger partial charge on any atom is -0.508 e. The van der Waals surface area contributed by atoms with Gasteiger partial charge in [-0.2, -0.15) is 0 Å². The van der Waals surface area contributed by atoms with Crippen LogP contribution in [-0.2, 0) is 17.8 Å². The number of rotatable bonds is 4. The van der Waals surface area contributed by atoms with E-state index in [9.17, 15) is 14.7 Å². The van der Waals surface area contributed by atoms with Crippen LogP contribution in [0.15, 0.2) is 47.3 Å². The van der Waals surface area contributed by atoms with Crippen molar-refractivity contribution in [1.29, 1.82) is 0 Å². The smallest absolute Gasteiger partial charge is 0.262 e. The van der Waals surface area contributed by atoms with Crippen LogP contribution >= 0.6 is 0 Å². The van der Waals surface area contributed by atoms with Gasteiger partial charge in [0.05, 0.1) is 10.9 Å². The second kappa shape index (κ2) is 6.51. The Balaban J connectivity index is 1.49. The molecule has 0 unspecified atom stereocenters. The van der Waals surface area contributed by atoms with Gasteiger partial charge in [-0.1, -0.05) is 6.07 Å². The van der Waals surface area contributed by atoms with Crippen LogP contribution in [0.25, 0.3) is 10.9 Å². The van der Waals surface area contributed by atoms with Crippen molar-refractivity contribution < 1.29 is 14.6 Å². The summed E-state index contributed by atoms with van der Waals surface area (Å²) in [7, 11) is 0. The maximum Gasteiger partial charge on any atom is 0.262 e. The SMILES string of the molecule is O=C(COc1ccc2nc3n(c(=O)c2c1)CCC3)Nc1cccc(O)c1. The number of aromatic hydroxyl groups is 1. The molecule has 4 rings (SSSR count). The Morgan fingerprint density at radius 3 is 3.00 bits per heavy atom. The highest BCUT2D eigenvalue weighted by Crippen LogP contribution is 2.20. The molecule has 0 radical (unpaired) electrons. The van der Waals surface area contributed by atoms with Crippen LogP contribution in [0, 0.1) is 0 Å². The fourth-order valence-corrected chi connectivity index (χ4v) is 3.08. The highest BCUT2D eigenvalue weighted by molar-refractivity contribution is 5.92. The molecular weight excluding hydrogens is 334 g/mol. The van der Waals surface area contributed by atoms with Gasteiger partial charge in [0.25, 0.3) is 11.5 Å². The summed E-state index contributed by atoms with van der Waals surface area (Å²) in [5.41, 5.74) is 1.05. The van der Waals surface area contributed by atoms with Gasteiger partial charge in [0.1, 0.15) is 17.3 Å². The number of anilines is 1. The van der Waals surface area contributed by atoms with Gasteiger partial charge in [0, 0.05) is 24.7 Å². The summed E-state index contributed by atoms with van der Waals surface area (Å²) in [6, 6.07) is 11.3. The van der Waals surface area contributed by atoms with Crippen LogP contribution in [0.4, 0.5) is 5.69 Å². The first-order valence-corrected chi connectivity index (χ1v) is 8.35. The van der Waals surface area contributed by atoms with Crippen LogP contribution in [0.2, 0.25) is 0 Å². The average molecular weight is 351 g/mol. The van der Waals surface area contributed by atoms with Crippen molar-refractivity contribution in [2.75, 3.05) is 11.9 Å². The van der Waals surface area contributed by atoms with Crippen molar-refractivity contribution in [3.8, 4) is 11.5 Å². The number of ether oxygens (including phenoxy) is 1. The Hall–Kier alpha value is -3.35. The molecule has 132 valence electrons. The second-order valence-electron chi connectivity index (χ2n) is 6.15. The lowest BCUT2D eigenvalue weighted by atomic mass is 10.2. The Bertz CT molecular complexity index is 1060. The summed E-state index contributed by atoms with van der Waals surface area (Å²) in [6.07, 6.45) is 1.75. The van der Waals surface area contributed by atoms with Crippen molar-refractivity contribution in [3.63, 3.8) is 0 Å². The van der Waals surface area contributed by atoms with Crippen LogP contribution in [0.1, 0.15) is 12.2 Å². The number of carbonyl (C=O) groups is 1. The zero-order valence-corrected chi connectivity index (χ0v) is 13.9. The molecule has 0 bridgehead atoms. The third-order valence-corrected chi connectivity index (χ3v) is 4.29. The average Bonchev–Trinajstić information content (AvgIpc) is 3.09. The van der Waals surface area contributed by atoms with E-state index in [1.807, 2.05) is 0 Å². The van der Waals surface area contributed by atoms with E-state index in [2.05, 4.69) is 10.3 Å². The maximum atomic E-state index is 12.5. The van der Waals surface area contributed by atoms with Crippen molar-refractivity contribution in [1.82, 2.24) is 9.55 Å². The van der Waals surface area contributed by atoms with Gasteiger partial charge in [0.2, 0.25) is 0 Å². The fraction of sp³-hybridized carbons (Fsp3) is 0.211. The molecule has 7 heteroatoms. The van der Waals surface area contributed by atoms with E-state index < -0.39 is 0 Å². The standard InChI is InChI=1S/C19H17N3O4/c23-13-4-1-3-12(9-13)20-18(24)11-26-14-6-7-16-15(10-14)19(25)22-8-2-5-17(22)21-16/h1,3-4,6-7,9-10,23H,2,5,8,11H2,(H,20,24). The normalized spacial score (nSPS) is 12.8. The summed E-state index contributed by atoms with van der Waals surface area (Å²) in [4.78, 5) is 29.1. The minimum absolute atomic E-state index is 0.0683. The van der Waals surface area contributed by atoms with E-state index >= 15 is 0 Å². The topological polar surface area (TPSA) is 93.5 Å². The summed E-state index contributed by atoms with van der Waals surface area (Å²) in [6.45, 7) is 0.482. The number of nitrogens with one attached hydrogen (secondary N) is 1. The quantitative estimate of drug-likeness (QED) is 0.750. The predicted molar refractivity (Wildman–Crippen MR) is 96.6 cm³/mol. The Morgan fingerprint density at radius 1 is 1.27 bits per heavy atom. The van der Waals surface area contributed by atoms with E-state index in [-0.39, 0.29) is 23.8 Å². The van der Waals surface area contributed by atoms with Crippen molar-refractivity contribution in [3.05, 3.63) is 58.6 Å². The van der Waals surface area contributed by atoms with Crippen LogP contribution in [0.5, 0.6) is 11.5 Å². The zero-order valence-electron chi connectivity index (χ0n) is 13.9. The molecule has 2 heterocycles. The number of amides is 1. The molecule has 1 amide bonds. The maximum absolute atomic E-state index is 12.5. The summed E-state index contributed by atoms with van der Waals surface area (Å²) in [5.74, 6) is 0.959. The molecule has 1 aliphatic heterocycles. The molecule has 0 fully saturated rings. The number of nitrogens with zero attached hydrogens (tertiary/aromatic N) is 2. The molecule has 0 saturated carbocycles. The lowest BCUT2D eigenvalue weighted by Crippen LogP contribution is -2.21. The first-order valence-electron chi connectivity index (χ1n) is 8.35. The Labute approximate surface area is 148 Å². The molecule has 7 nitrogen and oxygen atoms in total. The highest BCUT2D eigenvalue weighted by Gasteiger charge is 2.16. The molecule has 2 aromatic carbocycles. The number of hydrogen-bond donors (Lipinski definition) is 2. The molecule has 0 atom stereocenters. The van der Waals surface area contributed by atoms with Crippen molar-refractivity contribution in [2.45, 2.75) is 19.4 Å². The number of fused-ring (bicyclic) bond motifs is 2. The van der Waals surface area contributed by atoms with Gasteiger partial charge in [-0.25, -0.2) is 4.98 Å². The lowest BCUT2D eigenvalue weighted by molar-refractivity contribution is -0.118. The van der Waals surface area contributed by atoms with Gasteiger partial charge in [-0.05, 0) is 36.8 Å². The van der Waals surface area contributed by atoms with E-state index in [0.717, 1.165) is 18.7 Å². The zero-order chi connectivity index (χ0) is 18.1. The van der Waals surface area contributed by atoms with Gasteiger partial charge in [-0.15, -0.1) is 0 Å². The van der Waals surface area contributed by atoms with E-state index in [1.165, 1.54) is 12.1 Å². The summed E-state index contributed by atoms with van der Waals surface area (Å²) >= 11 is 0. The van der Waals surface area contributed by atoms with Crippen LogP contribution in [-0.4, -0.2) is 27.2 Å². The number of phenols is 1. The van der Waals surface area contributed by atoms with E-state index in [4.69, 9.17) is 4.74 Å². The number of carbonyl (C=O) groups excluding carboxylic acids is 1. The molecule has 1 aliphatic rings. The number of aryl methyl sites for hydroxylation is 1. The van der Waals surface area contributed by atoms with Gasteiger partial charge in [0.15, 0.2) is 6.61 Å². The molecular formula is C19H17N3O4. The lowest BCUT2D eigenvalue weighted by Gasteiger charge is -2.09. The third kappa shape index (κ3) is 3.11. The number of phenolic OH excluding ortho intramolecular Hbond substituents is 1. The minimum atomic E-state index is -0.362.